The molecule has 2 rings (SSSR count). The summed E-state index contributed by atoms with van der Waals surface area (Å²) in [4.78, 5) is 14.9. The fourth-order valence-corrected chi connectivity index (χ4v) is 4.21. The normalized spacial score (nSPS) is 18.2. The Morgan fingerprint density at radius 3 is 2.48 bits per heavy atom. The molecule has 6 nitrogen and oxygen atoms in total. The maximum absolute atomic E-state index is 12.9. The molecule has 1 atom stereocenters. The lowest BCUT2D eigenvalue weighted by Crippen LogP contribution is -2.47. The third-order valence-corrected chi connectivity index (χ3v) is 6.68. The molecule has 8 heteroatoms. The number of carbonyl (C=O) groups excluding carboxylic acids is 1. The van der Waals surface area contributed by atoms with Crippen LogP contribution in [0.4, 0.5) is 0 Å². The van der Waals surface area contributed by atoms with Crippen LogP contribution in [0, 0.1) is 13.8 Å². The number of rotatable bonds is 4. The van der Waals surface area contributed by atoms with Crippen LogP contribution in [0.25, 0.3) is 0 Å². The van der Waals surface area contributed by atoms with Gasteiger partial charge in [0.05, 0.1) is 4.90 Å². The van der Waals surface area contributed by atoms with Crippen molar-refractivity contribution in [2.45, 2.75) is 37.6 Å². The Hall–Kier alpha value is -1.15. The average Bonchev–Trinajstić information content (AvgIpc) is 2.56. The van der Waals surface area contributed by atoms with Gasteiger partial charge in [-0.25, -0.2) is 12.7 Å². The molecule has 142 valence electrons. The summed E-state index contributed by atoms with van der Waals surface area (Å²) in [5.41, 5.74) is 1.94. The van der Waals surface area contributed by atoms with E-state index in [1.165, 1.54) is 24.5 Å². The predicted molar refractivity (Wildman–Crippen MR) is 102 cm³/mol. The highest BCUT2D eigenvalue weighted by Gasteiger charge is 2.27. The van der Waals surface area contributed by atoms with E-state index in [1.807, 2.05) is 14.0 Å². The van der Waals surface area contributed by atoms with Crippen LogP contribution in [0.2, 0.25) is 0 Å². The maximum atomic E-state index is 12.9. The van der Waals surface area contributed by atoms with E-state index in [1.54, 1.807) is 17.9 Å². The van der Waals surface area contributed by atoms with Crippen LogP contribution < -0.4 is 5.32 Å². The summed E-state index contributed by atoms with van der Waals surface area (Å²) in [6.45, 7) is 4.98. The van der Waals surface area contributed by atoms with Gasteiger partial charge in [-0.3, -0.25) is 4.79 Å². The van der Waals surface area contributed by atoms with Crippen molar-refractivity contribution in [2.75, 3.05) is 34.2 Å². The van der Waals surface area contributed by atoms with Gasteiger partial charge >= 0.3 is 0 Å². The first-order valence-electron chi connectivity index (χ1n) is 8.18. The van der Waals surface area contributed by atoms with E-state index in [4.69, 9.17) is 0 Å². The molecule has 0 spiro atoms. The number of nitrogens with one attached hydrogen (secondary N) is 1. The molecule has 1 saturated heterocycles. The molecule has 1 aliphatic rings. The quantitative estimate of drug-likeness (QED) is 0.852. The second kappa shape index (κ2) is 8.49. The minimum Gasteiger partial charge on any atom is -0.337 e. The maximum Gasteiger partial charge on any atom is 0.253 e. The summed E-state index contributed by atoms with van der Waals surface area (Å²) in [6.07, 6.45) is 2.00. The Morgan fingerprint density at radius 1 is 1.28 bits per heavy atom. The molecule has 0 aromatic heterocycles. The smallest absolute Gasteiger partial charge is 0.253 e. The van der Waals surface area contributed by atoms with Crippen molar-refractivity contribution in [2.24, 2.45) is 0 Å². The molecule has 1 N–H and O–H groups in total. The van der Waals surface area contributed by atoms with Gasteiger partial charge in [0, 0.05) is 38.8 Å². The summed E-state index contributed by atoms with van der Waals surface area (Å²) >= 11 is 0. The zero-order chi connectivity index (χ0) is 18.1. The van der Waals surface area contributed by atoms with Gasteiger partial charge in [-0.05, 0) is 57.0 Å². The molecular formula is C17H28ClN3O3S. The number of benzene rings is 1. The second-order valence-corrected chi connectivity index (χ2v) is 8.70. The van der Waals surface area contributed by atoms with Gasteiger partial charge in [-0.15, -0.1) is 12.4 Å². The minimum atomic E-state index is -3.58. The van der Waals surface area contributed by atoms with Crippen molar-refractivity contribution in [3.8, 4) is 0 Å². The summed E-state index contributed by atoms with van der Waals surface area (Å²) in [7, 11) is 1.32. The van der Waals surface area contributed by atoms with E-state index in [9.17, 15) is 13.2 Å². The number of piperidine rings is 1. The first-order valence-corrected chi connectivity index (χ1v) is 9.62. The number of likely N-dealkylation sites (tertiary alicyclic amines) is 1. The zero-order valence-corrected chi connectivity index (χ0v) is 17.1. The van der Waals surface area contributed by atoms with Crippen molar-refractivity contribution in [1.29, 1.82) is 0 Å². The molecule has 1 fully saturated rings. The largest absolute Gasteiger partial charge is 0.337 e. The monoisotopic (exact) mass is 389 g/mol. The number of nitrogens with zero attached hydrogens (tertiary/aromatic N) is 2. The van der Waals surface area contributed by atoms with Crippen LogP contribution in [0.15, 0.2) is 17.0 Å². The highest BCUT2D eigenvalue weighted by molar-refractivity contribution is 7.89. The number of sulfonamides is 1. The standard InChI is InChI=1S/C17H27N3O3S.ClH/c1-12-9-14(10-16(13(12)2)24(22,23)19(4)5)17(21)20-8-6-7-15(11-20)18-3;/h9-10,15,18H,6-8,11H2,1-5H3;1H. The Kier molecular flexibility index (Phi) is 7.43. The number of amides is 1. The average molecular weight is 390 g/mol. The topological polar surface area (TPSA) is 69.7 Å². The number of likely N-dealkylation sites (N-methyl/N-ethyl adjacent to an activating group) is 1. The molecular weight excluding hydrogens is 362 g/mol. The number of halogens is 1. The molecule has 0 saturated carbocycles. The summed E-state index contributed by atoms with van der Waals surface area (Å²) in [5, 5.41) is 3.21. The van der Waals surface area contributed by atoms with E-state index in [0.29, 0.717) is 30.3 Å². The molecule has 1 aliphatic heterocycles. The van der Waals surface area contributed by atoms with Crippen molar-refractivity contribution in [1.82, 2.24) is 14.5 Å². The van der Waals surface area contributed by atoms with Gasteiger partial charge in [0.2, 0.25) is 10.0 Å². The predicted octanol–water partition coefficient (Wildman–Crippen LogP) is 1.80. The Labute approximate surface area is 157 Å². The van der Waals surface area contributed by atoms with Gasteiger partial charge in [-0.1, -0.05) is 0 Å². The molecule has 1 heterocycles. The molecule has 0 aliphatic carbocycles. The Bertz CT molecular complexity index is 735. The first-order chi connectivity index (χ1) is 11.2. The van der Waals surface area contributed by atoms with Crippen molar-refractivity contribution in [3.05, 3.63) is 28.8 Å². The fourth-order valence-electron chi connectivity index (χ4n) is 2.99. The summed E-state index contributed by atoms with van der Waals surface area (Å²) < 4.78 is 26.3. The summed E-state index contributed by atoms with van der Waals surface area (Å²) in [5.74, 6) is -0.103. The van der Waals surface area contributed by atoms with E-state index in [-0.39, 0.29) is 23.2 Å². The Morgan fingerprint density at radius 2 is 1.92 bits per heavy atom. The van der Waals surface area contributed by atoms with Gasteiger partial charge in [0.1, 0.15) is 0 Å². The highest BCUT2D eigenvalue weighted by atomic mass is 35.5. The van der Waals surface area contributed by atoms with E-state index in [0.717, 1.165) is 18.4 Å². The van der Waals surface area contributed by atoms with Crippen molar-refractivity contribution >= 4 is 28.3 Å². The van der Waals surface area contributed by atoms with Crippen LogP contribution in [0.3, 0.4) is 0 Å². The SMILES string of the molecule is CNC1CCCN(C(=O)c2cc(C)c(C)c(S(=O)(=O)N(C)C)c2)C1.Cl. The molecule has 0 bridgehead atoms. The lowest BCUT2D eigenvalue weighted by Gasteiger charge is -2.33. The molecule has 1 amide bonds. The van der Waals surface area contributed by atoms with Gasteiger partial charge in [-0.2, -0.15) is 0 Å². The third kappa shape index (κ3) is 4.53. The zero-order valence-electron chi connectivity index (χ0n) is 15.5. The molecule has 1 aromatic rings. The van der Waals surface area contributed by atoms with Crippen LogP contribution in [0.5, 0.6) is 0 Å². The van der Waals surface area contributed by atoms with E-state index in [2.05, 4.69) is 5.32 Å². The fraction of sp³-hybridized carbons (Fsp3) is 0.588. The first kappa shape index (κ1) is 21.9. The van der Waals surface area contributed by atoms with Gasteiger partial charge in [0.15, 0.2) is 0 Å². The van der Waals surface area contributed by atoms with Crippen LogP contribution in [-0.2, 0) is 10.0 Å². The number of carbonyl (C=O) groups is 1. The molecule has 25 heavy (non-hydrogen) atoms. The number of aryl methyl sites for hydroxylation is 1. The van der Waals surface area contributed by atoms with E-state index >= 15 is 0 Å². The van der Waals surface area contributed by atoms with Gasteiger partial charge in [0.25, 0.3) is 5.91 Å². The second-order valence-electron chi connectivity index (χ2n) is 6.58. The van der Waals surface area contributed by atoms with Gasteiger partial charge < -0.3 is 10.2 Å². The third-order valence-electron chi connectivity index (χ3n) is 4.74. The van der Waals surface area contributed by atoms with Crippen molar-refractivity contribution < 1.29 is 13.2 Å². The highest BCUT2D eigenvalue weighted by Crippen LogP contribution is 2.24. The lowest BCUT2D eigenvalue weighted by molar-refractivity contribution is 0.0698. The molecule has 1 aromatic carbocycles. The van der Waals surface area contributed by atoms with Crippen LogP contribution in [-0.4, -0.2) is 63.8 Å². The van der Waals surface area contributed by atoms with Crippen molar-refractivity contribution in [3.63, 3.8) is 0 Å². The van der Waals surface area contributed by atoms with E-state index < -0.39 is 10.0 Å². The number of hydrogen-bond donors (Lipinski definition) is 1. The lowest BCUT2D eigenvalue weighted by atomic mass is 10.0. The number of hydrogen-bond acceptors (Lipinski definition) is 4. The Balaban J connectivity index is 0.00000312. The summed E-state index contributed by atoms with van der Waals surface area (Å²) in [6, 6.07) is 3.59. The molecule has 1 unspecified atom stereocenters. The molecule has 0 radical (unpaired) electrons. The minimum absolute atomic E-state index is 0. The van der Waals surface area contributed by atoms with Crippen LogP contribution >= 0.6 is 12.4 Å². The van der Waals surface area contributed by atoms with Crippen LogP contribution in [0.1, 0.15) is 34.3 Å².